The van der Waals surface area contributed by atoms with Crippen molar-refractivity contribution in [2.45, 2.75) is 32.4 Å². The van der Waals surface area contributed by atoms with Gasteiger partial charge in [-0.15, -0.1) is 0 Å². The fraction of sp³-hybridized carbons (Fsp3) is 0.643. The average Bonchev–Trinajstić information content (AvgIpc) is 2.84. The molecule has 108 valence electrons. The number of nitrogens with one attached hydrogen (secondary N) is 2. The third-order valence-electron chi connectivity index (χ3n) is 3.11. The number of hydrogen-bond acceptors (Lipinski definition) is 3. The lowest BCUT2D eigenvalue weighted by molar-refractivity contribution is -0.121. The van der Waals surface area contributed by atoms with E-state index >= 15 is 0 Å². The number of hydrogen-bond donors (Lipinski definition) is 2. The second-order valence-corrected chi connectivity index (χ2v) is 4.56. The lowest BCUT2D eigenvalue weighted by Gasteiger charge is -2.11. The van der Waals surface area contributed by atoms with Crippen LogP contribution in [0.15, 0.2) is 18.5 Å². The van der Waals surface area contributed by atoms with Crippen molar-refractivity contribution < 1.29 is 9.53 Å². The molecule has 0 aromatic carbocycles. The van der Waals surface area contributed by atoms with Crippen molar-refractivity contribution in [3.63, 3.8) is 0 Å². The first kappa shape index (κ1) is 15.7. The molecule has 1 rings (SSSR count). The first-order chi connectivity index (χ1) is 9.21. The Morgan fingerprint density at radius 1 is 1.53 bits per heavy atom. The Labute approximate surface area is 115 Å². The Bertz CT molecular complexity index is 373. The average molecular weight is 267 g/mol. The number of nitrogens with zero attached hydrogens (tertiary/aromatic N) is 1. The van der Waals surface area contributed by atoms with Crippen LogP contribution in [0.4, 0.5) is 0 Å². The fourth-order valence-corrected chi connectivity index (χ4v) is 2.04. The van der Waals surface area contributed by atoms with Crippen LogP contribution in [0.3, 0.4) is 0 Å². The summed E-state index contributed by atoms with van der Waals surface area (Å²) in [6.45, 7) is 3.84. The molecule has 0 saturated carbocycles. The van der Waals surface area contributed by atoms with Crippen LogP contribution in [0.2, 0.25) is 0 Å². The monoisotopic (exact) mass is 267 g/mol. The van der Waals surface area contributed by atoms with Crippen LogP contribution in [0.25, 0.3) is 0 Å². The van der Waals surface area contributed by atoms with Gasteiger partial charge in [0, 0.05) is 38.7 Å². The molecule has 0 aliphatic heterocycles. The van der Waals surface area contributed by atoms with Gasteiger partial charge in [0.2, 0.25) is 5.91 Å². The fourth-order valence-electron chi connectivity index (χ4n) is 2.04. The highest BCUT2D eigenvalue weighted by Gasteiger charge is 2.09. The van der Waals surface area contributed by atoms with E-state index in [2.05, 4.69) is 23.6 Å². The maximum atomic E-state index is 11.7. The van der Waals surface area contributed by atoms with Crippen LogP contribution in [-0.2, 0) is 16.1 Å². The van der Waals surface area contributed by atoms with Gasteiger partial charge in [-0.2, -0.15) is 0 Å². The molecule has 0 radical (unpaired) electrons. The van der Waals surface area contributed by atoms with Gasteiger partial charge in [0.15, 0.2) is 0 Å². The summed E-state index contributed by atoms with van der Waals surface area (Å²) in [5, 5.41) is 6.13. The van der Waals surface area contributed by atoms with E-state index in [1.54, 1.807) is 7.11 Å². The zero-order valence-corrected chi connectivity index (χ0v) is 12.1. The SMILES string of the molecule is CCC(NC)c1ccn(CC(=O)NCCCOC)c1. The summed E-state index contributed by atoms with van der Waals surface area (Å²) < 4.78 is 6.85. The van der Waals surface area contributed by atoms with E-state index in [0.717, 1.165) is 12.8 Å². The van der Waals surface area contributed by atoms with Gasteiger partial charge in [-0.05, 0) is 31.5 Å². The van der Waals surface area contributed by atoms with Crippen molar-refractivity contribution in [1.29, 1.82) is 0 Å². The first-order valence-corrected chi connectivity index (χ1v) is 6.79. The van der Waals surface area contributed by atoms with Crippen LogP contribution < -0.4 is 10.6 Å². The first-order valence-electron chi connectivity index (χ1n) is 6.79. The highest BCUT2D eigenvalue weighted by atomic mass is 16.5. The number of carbonyl (C=O) groups excluding carboxylic acids is 1. The molecule has 0 saturated heterocycles. The molecule has 0 bridgehead atoms. The topological polar surface area (TPSA) is 55.3 Å². The van der Waals surface area contributed by atoms with Gasteiger partial charge < -0.3 is 19.9 Å². The van der Waals surface area contributed by atoms with Crippen molar-refractivity contribution in [1.82, 2.24) is 15.2 Å². The second kappa shape index (κ2) is 8.72. The van der Waals surface area contributed by atoms with Gasteiger partial charge in [0.1, 0.15) is 6.54 Å². The molecule has 1 aromatic rings. The minimum Gasteiger partial charge on any atom is -0.385 e. The van der Waals surface area contributed by atoms with Crippen LogP contribution in [-0.4, -0.2) is 37.8 Å². The Kier molecular flexibility index (Phi) is 7.22. The predicted molar refractivity (Wildman–Crippen MR) is 76.0 cm³/mol. The number of amides is 1. The van der Waals surface area contributed by atoms with Gasteiger partial charge >= 0.3 is 0 Å². The molecule has 1 atom stereocenters. The Hall–Kier alpha value is -1.33. The van der Waals surface area contributed by atoms with Crippen molar-refractivity contribution >= 4 is 5.91 Å². The lowest BCUT2D eigenvalue weighted by Crippen LogP contribution is -2.28. The molecule has 1 heterocycles. The minimum absolute atomic E-state index is 0.0377. The molecule has 1 aromatic heterocycles. The van der Waals surface area contributed by atoms with Crippen molar-refractivity contribution in [3.05, 3.63) is 24.0 Å². The van der Waals surface area contributed by atoms with Crippen molar-refractivity contribution in [3.8, 4) is 0 Å². The van der Waals surface area contributed by atoms with Crippen LogP contribution in [0.1, 0.15) is 31.4 Å². The summed E-state index contributed by atoms with van der Waals surface area (Å²) in [7, 11) is 3.61. The van der Waals surface area contributed by atoms with E-state index in [1.165, 1.54) is 5.56 Å². The van der Waals surface area contributed by atoms with Gasteiger partial charge in [-0.25, -0.2) is 0 Å². The van der Waals surface area contributed by atoms with E-state index < -0.39 is 0 Å². The van der Waals surface area contributed by atoms with Gasteiger partial charge in [-0.1, -0.05) is 6.92 Å². The van der Waals surface area contributed by atoms with Crippen LogP contribution in [0, 0.1) is 0 Å². The molecule has 19 heavy (non-hydrogen) atoms. The van der Waals surface area contributed by atoms with Gasteiger partial charge in [-0.3, -0.25) is 4.79 Å². The molecule has 0 aliphatic rings. The molecule has 0 spiro atoms. The molecular formula is C14H25N3O2. The van der Waals surface area contributed by atoms with E-state index in [-0.39, 0.29) is 5.91 Å². The summed E-state index contributed by atoms with van der Waals surface area (Å²) in [6.07, 6.45) is 5.85. The highest BCUT2D eigenvalue weighted by molar-refractivity contribution is 5.75. The number of aromatic nitrogens is 1. The minimum atomic E-state index is 0.0377. The second-order valence-electron chi connectivity index (χ2n) is 4.56. The molecule has 2 N–H and O–H groups in total. The highest BCUT2D eigenvalue weighted by Crippen LogP contribution is 2.15. The molecule has 1 unspecified atom stereocenters. The normalized spacial score (nSPS) is 12.4. The Balaban J connectivity index is 2.38. The zero-order chi connectivity index (χ0) is 14.1. The number of ether oxygens (including phenoxy) is 1. The summed E-state index contributed by atoms with van der Waals surface area (Å²) in [6, 6.07) is 2.41. The molecule has 5 heteroatoms. The predicted octanol–water partition coefficient (Wildman–Crippen LogP) is 1.31. The smallest absolute Gasteiger partial charge is 0.239 e. The Morgan fingerprint density at radius 2 is 2.32 bits per heavy atom. The van der Waals surface area contributed by atoms with E-state index in [0.29, 0.717) is 25.7 Å². The largest absolute Gasteiger partial charge is 0.385 e. The summed E-state index contributed by atoms with van der Waals surface area (Å²) >= 11 is 0. The lowest BCUT2D eigenvalue weighted by atomic mass is 10.1. The maximum absolute atomic E-state index is 11.7. The zero-order valence-electron chi connectivity index (χ0n) is 12.1. The van der Waals surface area contributed by atoms with Crippen molar-refractivity contribution in [2.24, 2.45) is 0 Å². The van der Waals surface area contributed by atoms with Crippen LogP contribution >= 0.6 is 0 Å². The number of methoxy groups -OCH3 is 1. The quantitative estimate of drug-likeness (QED) is 0.663. The summed E-state index contributed by atoms with van der Waals surface area (Å²) in [4.78, 5) is 11.7. The van der Waals surface area contributed by atoms with E-state index in [4.69, 9.17) is 4.74 Å². The molecular weight excluding hydrogens is 242 g/mol. The molecule has 0 fully saturated rings. The number of carbonyl (C=O) groups is 1. The van der Waals surface area contributed by atoms with Crippen LogP contribution in [0.5, 0.6) is 0 Å². The number of rotatable bonds is 9. The van der Waals surface area contributed by atoms with Gasteiger partial charge in [0.25, 0.3) is 0 Å². The maximum Gasteiger partial charge on any atom is 0.239 e. The van der Waals surface area contributed by atoms with Gasteiger partial charge in [0.05, 0.1) is 0 Å². The molecule has 0 aliphatic carbocycles. The van der Waals surface area contributed by atoms with Crippen molar-refractivity contribution in [2.75, 3.05) is 27.3 Å². The van der Waals surface area contributed by atoms with E-state index in [1.807, 2.05) is 24.0 Å². The summed E-state index contributed by atoms with van der Waals surface area (Å²) in [5.74, 6) is 0.0377. The molecule has 1 amide bonds. The van der Waals surface area contributed by atoms with E-state index in [9.17, 15) is 4.79 Å². The Morgan fingerprint density at radius 3 is 2.95 bits per heavy atom. The molecule has 5 nitrogen and oxygen atoms in total. The third kappa shape index (κ3) is 5.44. The summed E-state index contributed by atoms with van der Waals surface area (Å²) in [5.41, 5.74) is 1.22. The standard InChI is InChI=1S/C14H25N3O2/c1-4-13(15-2)12-6-8-17(10-12)11-14(18)16-7-5-9-19-3/h6,8,10,13,15H,4-5,7,9,11H2,1-3H3,(H,16,18). The third-order valence-corrected chi connectivity index (χ3v) is 3.11.